The summed E-state index contributed by atoms with van der Waals surface area (Å²) in [5.41, 5.74) is -0.350. The molecule has 0 aromatic heterocycles. The van der Waals surface area contributed by atoms with Gasteiger partial charge in [0.25, 0.3) is 0 Å². The molecule has 2 amide bonds. The Hall–Kier alpha value is -1.10. The molecule has 5 nitrogen and oxygen atoms in total. The third-order valence-corrected chi connectivity index (χ3v) is 3.92. The molecule has 122 valence electrons. The van der Waals surface area contributed by atoms with Gasteiger partial charge in [0.05, 0.1) is 0 Å². The highest BCUT2D eigenvalue weighted by molar-refractivity contribution is 5.81. The number of hydrogen-bond acceptors (Lipinski definition) is 3. The van der Waals surface area contributed by atoms with E-state index < -0.39 is 0 Å². The number of rotatable bonds is 6. The summed E-state index contributed by atoms with van der Waals surface area (Å²) in [6.45, 7) is 8.95. The van der Waals surface area contributed by atoms with E-state index in [9.17, 15) is 9.59 Å². The first-order chi connectivity index (χ1) is 9.84. The Morgan fingerprint density at radius 1 is 1.29 bits per heavy atom. The zero-order valence-corrected chi connectivity index (χ0v) is 14.0. The molecule has 1 heterocycles. The minimum atomic E-state index is -0.350. The first kappa shape index (κ1) is 18.0. The molecule has 2 N–H and O–H groups in total. The van der Waals surface area contributed by atoms with Crippen molar-refractivity contribution in [2.45, 2.75) is 46.5 Å². The molecule has 0 spiro atoms. The first-order valence-electron chi connectivity index (χ1n) is 8.05. The van der Waals surface area contributed by atoms with Gasteiger partial charge in [-0.3, -0.25) is 9.59 Å². The second kappa shape index (κ2) is 8.37. The first-order valence-corrected chi connectivity index (χ1v) is 8.05. The minimum absolute atomic E-state index is 0.0833. The summed E-state index contributed by atoms with van der Waals surface area (Å²) in [6, 6.07) is 0. The molecule has 0 bridgehead atoms. The van der Waals surface area contributed by atoms with Crippen LogP contribution in [0, 0.1) is 11.3 Å². The Kier molecular flexibility index (Phi) is 7.15. The van der Waals surface area contributed by atoms with Crippen LogP contribution in [-0.2, 0) is 9.59 Å². The minimum Gasteiger partial charge on any atom is -0.355 e. The smallest absolute Gasteiger partial charge is 0.225 e. The summed E-state index contributed by atoms with van der Waals surface area (Å²) >= 11 is 0. The molecular formula is C16H31N3O2. The molecule has 5 heteroatoms. The van der Waals surface area contributed by atoms with Crippen LogP contribution in [0.25, 0.3) is 0 Å². The maximum atomic E-state index is 12.1. The average Bonchev–Trinajstić information content (AvgIpc) is 2.44. The van der Waals surface area contributed by atoms with Crippen molar-refractivity contribution in [1.29, 1.82) is 0 Å². The molecule has 0 aromatic carbocycles. The van der Waals surface area contributed by atoms with Gasteiger partial charge in [0.2, 0.25) is 11.8 Å². The normalized spacial score (nSPS) is 19.4. The van der Waals surface area contributed by atoms with E-state index >= 15 is 0 Å². The highest BCUT2D eigenvalue weighted by atomic mass is 16.2. The molecular weight excluding hydrogens is 266 g/mol. The maximum Gasteiger partial charge on any atom is 0.225 e. The summed E-state index contributed by atoms with van der Waals surface area (Å²) < 4.78 is 0. The molecule has 1 fully saturated rings. The second-order valence-corrected chi connectivity index (χ2v) is 7.02. The van der Waals surface area contributed by atoms with E-state index in [-0.39, 0.29) is 17.2 Å². The van der Waals surface area contributed by atoms with Crippen molar-refractivity contribution in [2.75, 3.05) is 33.2 Å². The lowest BCUT2D eigenvalue weighted by molar-refractivity contribution is -0.133. The molecule has 0 saturated carbocycles. The van der Waals surface area contributed by atoms with Crippen molar-refractivity contribution in [2.24, 2.45) is 11.3 Å². The van der Waals surface area contributed by atoms with Crippen LogP contribution in [0.5, 0.6) is 0 Å². The quantitative estimate of drug-likeness (QED) is 0.728. The van der Waals surface area contributed by atoms with Gasteiger partial charge in [0.15, 0.2) is 0 Å². The van der Waals surface area contributed by atoms with E-state index in [0.717, 1.165) is 38.9 Å². The van der Waals surface area contributed by atoms with Crippen molar-refractivity contribution >= 4 is 11.8 Å². The Bertz CT molecular complexity index is 350. The van der Waals surface area contributed by atoms with Crippen molar-refractivity contribution < 1.29 is 9.59 Å². The van der Waals surface area contributed by atoms with E-state index in [2.05, 4.69) is 10.6 Å². The predicted molar refractivity (Wildman–Crippen MR) is 84.9 cm³/mol. The van der Waals surface area contributed by atoms with Gasteiger partial charge in [-0.15, -0.1) is 0 Å². The lowest BCUT2D eigenvalue weighted by Gasteiger charge is -2.33. The van der Waals surface area contributed by atoms with Gasteiger partial charge in [-0.1, -0.05) is 20.8 Å². The molecule has 0 aromatic rings. The molecule has 1 unspecified atom stereocenters. The summed E-state index contributed by atoms with van der Waals surface area (Å²) in [5, 5.41) is 6.08. The van der Waals surface area contributed by atoms with Crippen molar-refractivity contribution in [3.8, 4) is 0 Å². The van der Waals surface area contributed by atoms with E-state index in [4.69, 9.17) is 0 Å². The fourth-order valence-corrected chi connectivity index (χ4v) is 2.53. The average molecular weight is 297 g/mol. The Morgan fingerprint density at radius 2 is 2.00 bits per heavy atom. The number of piperidine rings is 1. The van der Waals surface area contributed by atoms with Crippen molar-refractivity contribution in [3.63, 3.8) is 0 Å². The largest absolute Gasteiger partial charge is 0.355 e. The third kappa shape index (κ3) is 6.46. The molecule has 21 heavy (non-hydrogen) atoms. The Balaban J connectivity index is 2.35. The zero-order valence-electron chi connectivity index (χ0n) is 14.0. The summed E-state index contributed by atoms with van der Waals surface area (Å²) in [5.74, 6) is 0.718. The van der Waals surface area contributed by atoms with Gasteiger partial charge in [0.1, 0.15) is 0 Å². The van der Waals surface area contributed by atoms with E-state index in [1.54, 1.807) is 0 Å². The van der Waals surface area contributed by atoms with Gasteiger partial charge in [-0.05, 0) is 38.8 Å². The number of nitrogens with one attached hydrogen (secondary N) is 2. The molecule has 1 aliphatic heterocycles. The standard InChI is InChI=1S/C16H31N3O2/c1-16(2,3)15(21)18-11-13-7-6-10-19(12-13)14(20)8-5-9-17-4/h13,17H,5-12H2,1-4H3,(H,18,21). The summed E-state index contributed by atoms with van der Waals surface area (Å²) in [6.07, 6.45) is 3.62. The van der Waals surface area contributed by atoms with Crippen LogP contribution in [0.15, 0.2) is 0 Å². The fraction of sp³-hybridized carbons (Fsp3) is 0.875. The molecule has 0 aliphatic carbocycles. The SMILES string of the molecule is CNCCCC(=O)N1CCCC(CNC(=O)C(C)(C)C)C1. The predicted octanol–water partition coefficient (Wildman–Crippen LogP) is 1.39. The number of nitrogens with zero attached hydrogens (tertiary/aromatic N) is 1. The van der Waals surface area contributed by atoms with Gasteiger partial charge < -0.3 is 15.5 Å². The monoisotopic (exact) mass is 297 g/mol. The molecule has 0 radical (unpaired) electrons. The second-order valence-electron chi connectivity index (χ2n) is 7.02. The molecule has 1 atom stereocenters. The van der Waals surface area contributed by atoms with Crippen LogP contribution >= 0.6 is 0 Å². The van der Waals surface area contributed by atoms with E-state index in [0.29, 0.717) is 18.9 Å². The number of amides is 2. The third-order valence-electron chi connectivity index (χ3n) is 3.92. The van der Waals surface area contributed by atoms with Gasteiger partial charge >= 0.3 is 0 Å². The number of carbonyl (C=O) groups excluding carboxylic acids is 2. The van der Waals surface area contributed by atoms with Gasteiger partial charge in [-0.2, -0.15) is 0 Å². The summed E-state index contributed by atoms with van der Waals surface area (Å²) in [4.78, 5) is 26.0. The lowest BCUT2D eigenvalue weighted by Crippen LogP contribution is -2.45. The fourth-order valence-electron chi connectivity index (χ4n) is 2.53. The number of carbonyl (C=O) groups is 2. The van der Waals surface area contributed by atoms with Crippen LogP contribution in [0.1, 0.15) is 46.5 Å². The molecule has 1 rings (SSSR count). The van der Waals surface area contributed by atoms with E-state index in [1.165, 1.54) is 0 Å². The van der Waals surface area contributed by atoms with Crippen molar-refractivity contribution in [3.05, 3.63) is 0 Å². The Labute approximate surface area is 128 Å². The lowest BCUT2D eigenvalue weighted by atomic mass is 9.94. The van der Waals surface area contributed by atoms with Gasteiger partial charge in [0, 0.05) is 31.5 Å². The van der Waals surface area contributed by atoms with Crippen LogP contribution in [0.3, 0.4) is 0 Å². The topological polar surface area (TPSA) is 61.4 Å². The number of hydrogen-bond donors (Lipinski definition) is 2. The number of likely N-dealkylation sites (tertiary alicyclic amines) is 1. The van der Waals surface area contributed by atoms with Crippen LogP contribution < -0.4 is 10.6 Å². The highest BCUT2D eigenvalue weighted by Crippen LogP contribution is 2.18. The maximum absolute atomic E-state index is 12.1. The van der Waals surface area contributed by atoms with Crippen molar-refractivity contribution in [1.82, 2.24) is 15.5 Å². The van der Waals surface area contributed by atoms with Crippen LogP contribution in [0.4, 0.5) is 0 Å². The Morgan fingerprint density at radius 3 is 2.62 bits per heavy atom. The van der Waals surface area contributed by atoms with Crippen LogP contribution in [-0.4, -0.2) is 49.9 Å². The zero-order chi connectivity index (χ0) is 15.9. The molecule has 1 saturated heterocycles. The van der Waals surface area contributed by atoms with Gasteiger partial charge in [-0.25, -0.2) is 0 Å². The highest BCUT2D eigenvalue weighted by Gasteiger charge is 2.26. The van der Waals surface area contributed by atoms with E-state index in [1.807, 2.05) is 32.7 Å². The summed E-state index contributed by atoms with van der Waals surface area (Å²) in [7, 11) is 1.90. The molecule has 1 aliphatic rings. The van der Waals surface area contributed by atoms with Crippen LogP contribution in [0.2, 0.25) is 0 Å².